The fraction of sp³-hybridized carbons (Fsp3) is 0.200. The molecule has 5 atom stereocenters. The van der Waals surface area contributed by atoms with Gasteiger partial charge in [-0.15, -0.1) is 23.5 Å². The molecule has 5 unspecified atom stereocenters. The largest absolute Gasteiger partial charge is 0.456 e. The molecule has 0 radical (unpaired) electrons. The SMILES string of the molecule is CC1(C)c2ccccc2-c2cc(N(C3=CCC(c4cccc5oc6ccccc6c45)C=C3)C3=CC=C(N4C5c6ccccc6SC5C5Sc6ccccc6C54)CC3)ccc21. The topological polar surface area (TPSA) is 19.6 Å². The van der Waals surface area contributed by atoms with Gasteiger partial charge in [-0.05, 0) is 113 Å². The highest BCUT2D eigenvalue weighted by Gasteiger charge is 2.57. The summed E-state index contributed by atoms with van der Waals surface area (Å²) < 4.78 is 6.32. The number of para-hydroxylation sites is 1. The van der Waals surface area contributed by atoms with Gasteiger partial charge < -0.3 is 14.2 Å². The first-order valence-electron chi connectivity index (χ1n) is 21.5. The second-order valence-corrected chi connectivity index (χ2v) is 20.2. The van der Waals surface area contributed by atoms with Crippen molar-refractivity contribution in [2.24, 2.45) is 0 Å². The van der Waals surface area contributed by atoms with E-state index in [1.165, 1.54) is 82.3 Å². The highest BCUT2D eigenvalue weighted by Crippen LogP contribution is 2.66. The predicted molar refractivity (Wildman–Crippen MR) is 250 cm³/mol. The second kappa shape index (κ2) is 13.2. The van der Waals surface area contributed by atoms with Gasteiger partial charge >= 0.3 is 0 Å². The van der Waals surface area contributed by atoms with E-state index in [4.69, 9.17) is 4.42 Å². The Morgan fingerprint density at radius 3 is 2.08 bits per heavy atom. The molecule has 3 aliphatic heterocycles. The molecule has 3 nitrogen and oxygen atoms in total. The van der Waals surface area contributed by atoms with Crippen LogP contribution in [0.25, 0.3) is 33.1 Å². The van der Waals surface area contributed by atoms with Crippen LogP contribution in [-0.4, -0.2) is 15.4 Å². The summed E-state index contributed by atoms with van der Waals surface area (Å²) in [6.07, 6.45) is 15.1. The van der Waals surface area contributed by atoms with Gasteiger partial charge in [0.2, 0.25) is 0 Å². The third-order valence-corrected chi connectivity index (χ3v) is 17.3. The molecule has 292 valence electrons. The van der Waals surface area contributed by atoms with Crippen molar-refractivity contribution in [3.8, 4) is 11.1 Å². The minimum atomic E-state index is -0.0354. The van der Waals surface area contributed by atoms with Crippen molar-refractivity contribution >= 4 is 51.1 Å². The van der Waals surface area contributed by atoms with E-state index in [0.717, 1.165) is 30.4 Å². The number of anilines is 1. The van der Waals surface area contributed by atoms with Crippen LogP contribution in [0.5, 0.6) is 0 Å². The third kappa shape index (κ3) is 5.06. The first kappa shape index (κ1) is 35.2. The fourth-order valence-corrected chi connectivity index (χ4v) is 14.8. The molecule has 1 saturated heterocycles. The number of fused-ring (bicyclic) bond motifs is 13. The molecule has 60 heavy (non-hydrogen) atoms. The summed E-state index contributed by atoms with van der Waals surface area (Å²) in [4.78, 5) is 8.33. The number of likely N-dealkylation sites (tertiary alicyclic amines) is 1. The summed E-state index contributed by atoms with van der Waals surface area (Å²) in [6.45, 7) is 4.74. The average molecular weight is 813 g/mol. The third-order valence-electron chi connectivity index (χ3n) is 14.3. The lowest BCUT2D eigenvalue weighted by Crippen LogP contribution is -2.29. The maximum atomic E-state index is 6.32. The summed E-state index contributed by atoms with van der Waals surface area (Å²) in [6, 6.07) is 50.4. The molecular formula is C55H44N2OS2. The number of hydrogen-bond donors (Lipinski definition) is 0. The van der Waals surface area contributed by atoms with Crippen LogP contribution in [0.2, 0.25) is 0 Å². The Kier molecular flexibility index (Phi) is 7.73. The van der Waals surface area contributed by atoms with Gasteiger partial charge in [-0.25, -0.2) is 0 Å². The van der Waals surface area contributed by atoms with E-state index in [0.29, 0.717) is 22.6 Å². The Hall–Kier alpha value is -5.62. The maximum absolute atomic E-state index is 6.32. The molecular weight excluding hydrogens is 769 g/mol. The van der Waals surface area contributed by atoms with Crippen LogP contribution in [0.4, 0.5) is 5.69 Å². The van der Waals surface area contributed by atoms with E-state index in [1.54, 1.807) is 0 Å². The quantitative estimate of drug-likeness (QED) is 0.172. The van der Waals surface area contributed by atoms with Gasteiger partial charge in [0.05, 0.1) is 12.1 Å². The normalized spacial score (nSPS) is 24.0. The van der Waals surface area contributed by atoms with Gasteiger partial charge in [0, 0.05) is 65.2 Å². The Balaban J connectivity index is 0.909. The molecule has 0 saturated carbocycles. The van der Waals surface area contributed by atoms with Crippen LogP contribution in [0.15, 0.2) is 195 Å². The van der Waals surface area contributed by atoms with Gasteiger partial charge in [-0.3, -0.25) is 0 Å². The second-order valence-electron chi connectivity index (χ2n) is 17.7. The number of benzene rings is 6. The lowest BCUT2D eigenvalue weighted by molar-refractivity contribution is 0.248. The fourth-order valence-electron chi connectivity index (χ4n) is 11.5. The van der Waals surface area contributed by atoms with Gasteiger partial charge in [0.15, 0.2) is 0 Å². The maximum Gasteiger partial charge on any atom is 0.135 e. The molecule has 1 fully saturated rings. The van der Waals surface area contributed by atoms with Crippen LogP contribution in [-0.2, 0) is 5.41 Å². The molecule has 3 aliphatic carbocycles. The van der Waals surface area contributed by atoms with Gasteiger partial charge in [0.25, 0.3) is 0 Å². The Morgan fingerprint density at radius 1 is 0.650 bits per heavy atom. The first-order chi connectivity index (χ1) is 29.5. The summed E-state index contributed by atoms with van der Waals surface area (Å²) in [5.41, 5.74) is 17.0. The highest BCUT2D eigenvalue weighted by molar-refractivity contribution is 8.04. The zero-order valence-corrected chi connectivity index (χ0v) is 35.3. The van der Waals surface area contributed by atoms with Gasteiger partial charge in [0.1, 0.15) is 11.2 Å². The molecule has 1 aromatic heterocycles. The van der Waals surface area contributed by atoms with Crippen LogP contribution in [0.1, 0.15) is 78.9 Å². The average Bonchev–Trinajstić information content (AvgIpc) is 4.08. The lowest BCUT2D eigenvalue weighted by Gasteiger charge is -2.38. The van der Waals surface area contributed by atoms with Crippen LogP contribution >= 0.6 is 23.5 Å². The standard InChI is InChI=1S/C55H44N2OS2/c1-55(2)44-17-7-3-12-39(44)43-32-37(30-31-45(43)55)56(34-24-22-33(23-25-34)38-16-11-19-47-50(38)40-13-4-8-18-46(40)58-47)35-26-28-36(29-27-35)57-51-41-14-5-9-20-48(41)59-53(51)54-52(57)42-15-6-10-21-49(42)60-54/h3-22,24-26,28,30-33,51-54H,23,27,29H2,1-2H3. The Bertz CT molecular complexity index is 3010. The molecule has 13 rings (SSSR count). The molecule has 4 heterocycles. The van der Waals surface area contributed by atoms with Crippen LogP contribution in [0, 0.1) is 0 Å². The summed E-state index contributed by atoms with van der Waals surface area (Å²) in [5.74, 6) is 0.259. The minimum absolute atomic E-state index is 0.0354. The molecule has 0 bridgehead atoms. The zero-order valence-electron chi connectivity index (χ0n) is 33.7. The molecule has 7 aromatic rings. The van der Waals surface area contributed by atoms with E-state index in [1.807, 2.05) is 0 Å². The van der Waals surface area contributed by atoms with Crippen molar-refractivity contribution in [1.29, 1.82) is 0 Å². The number of hydrogen-bond acceptors (Lipinski definition) is 5. The van der Waals surface area contributed by atoms with E-state index in [2.05, 4.69) is 211 Å². The summed E-state index contributed by atoms with van der Waals surface area (Å²) in [5, 5.41) is 3.49. The monoisotopic (exact) mass is 812 g/mol. The summed E-state index contributed by atoms with van der Waals surface area (Å²) in [7, 11) is 0. The number of allylic oxidation sites excluding steroid dienone is 7. The molecule has 6 aromatic carbocycles. The van der Waals surface area contributed by atoms with E-state index < -0.39 is 0 Å². The van der Waals surface area contributed by atoms with Crippen molar-refractivity contribution in [2.45, 2.75) is 76.8 Å². The van der Waals surface area contributed by atoms with E-state index in [-0.39, 0.29) is 11.3 Å². The zero-order chi connectivity index (χ0) is 39.7. The lowest BCUT2D eigenvalue weighted by atomic mass is 9.82. The molecule has 6 aliphatic rings. The Labute approximate surface area is 360 Å². The van der Waals surface area contributed by atoms with E-state index in [9.17, 15) is 0 Å². The van der Waals surface area contributed by atoms with Crippen molar-refractivity contribution in [2.75, 3.05) is 4.90 Å². The van der Waals surface area contributed by atoms with Crippen LogP contribution < -0.4 is 4.90 Å². The minimum Gasteiger partial charge on any atom is -0.456 e. The van der Waals surface area contributed by atoms with Gasteiger partial charge in [-0.1, -0.05) is 123 Å². The van der Waals surface area contributed by atoms with Crippen molar-refractivity contribution in [1.82, 2.24) is 4.90 Å². The van der Waals surface area contributed by atoms with Crippen molar-refractivity contribution in [3.63, 3.8) is 0 Å². The number of nitrogens with zero attached hydrogens (tertiary/aromatic N) is 2. The molecule has 5 heteroatoms. The van der Waals surface area contributed by atoms with E-state index >= 15 is 0 Å². The van der Waals surface area contributed by atoms with Gasteiger partial charge in [-0.2, -0.15) is 0 Å². The molecule has 0 N–H and O–H groups in total. The predicted octanol–water partition coefficient (Wildman–Crippen LogP) is 14.6. The Morgan fingerprint density at radius 2 is 1.33 bits per heavy atom. The molecule has 0 spiro atoms. The number of furan rings is 1. The van der Waals surface area contributed by atoms with Crippen LogP contribution in [0.3, 0.4) is 0 Å². The number of thioether (sulfide) groups is 2. The first-order valence-corrected chi connectivity index (χ1v) is 23.3. The highest BCUT2D eigenvalue weighted by atomic mass is 32.2. The van der Waals surface area contributed by atoms with Crippen molar-refractivity contribution < 1.29 is 4.42 Å². The molecule has 0 amide bonds. The number of rotatable bonds is 5. The summed E-state index contributed by atoms with van der Waals surface area (Å²) >= 11 is 4.23. The smallest absolute Gasteiger partial charge is 0.135 e. The van der Waals surface area contributed by atoms with Crippen molar-refractivity contribution in [3.05, 3.63) is 209 Å².